The SMILES string of the molecule is CC(=O)N1N=C(c2n[nH]c3c2CCCC3)O[C@@H]1c1ccc(Cl)cc1Cl. The van der Waals surface area contributed by atoms with Gasteiger partial charge >= 0.3 is 0 Å². The van der Waals surface area contributed by atoms with Gasteiger partial charge in [-0.2, -0.15) is 10.1 Å². The van der Waals surface area contributed by atoms with E-state index in [0.29, 0.717) is 27.2 Å². The predicted octanol–water partition coefficient (Wildman–Crippen LogP) is 3.83. The third-order valence-electron chi connectivity index (χ3n) is 4.45. The predicted molar refractivity (Wildman–Crippen MR) is 94.6 cm³/mol. The van der Waals surface area contributed by atoms with E-state index in [-0.39, 0.29) is 5.91 Å². The molecule has 2 aliphatic rings. The van der Waals surface area contributed by atoms with Gasteiger partial charge in [0.05, 0.1) is 5.02 Å². The first-order valence-corrected chi connectivity index (χ1v) is 8.86. The molecule has 1 aromatic carbocycles. The van der Waals surface area contributed by atoms with Crippen LogP contribution in [0.5, 0.6) is 0 Å². The van der Waals surface area contributed by atoms with E-state index < -0.39 is 6.23 Å². The summed E-state index contributed by atoms with van der Waals surface area (Å²) < 4.78 is 6.00. The molecule has 1 aliphatic carbocycles. The molecule has 0 saturated heterocycles. The number of nitrogens with zero attached hydrogens (tertiary/aromatic N) is 3. The Hall–Kier alpha value is -2.05. The summed E-state index contributed by atoms with van der Waals surface area (Å²) in [5.74, 6) is 0.0982. The minimum atomic E-state index is -0.729. The lowest BCUT2D eigenvalue weighted by Gasteiger charge is -2.20. The van der Waals surface area contributed by atoms with Crippen molar-refractivity contribution in [3.8, 4) is 0 Å². The van der Waals surface area contributed by atoms with Crippen LogP contribution >= 0.6 is 23.2 Å². The molecular formula is C17H16Cl2N4O2. The number of ether oxygens (including phenoxy) is 1. The number of fused-ring (bicyclic) bond motifs is 1. The zero-order valence-corrected chi connectivity index (χ0v) is 15.1. The molecule has 6 nitrogen and oxygen atoms in total. The van der Waals surface area contributed by atoms with Crippen LogP contribution in [0, 0.1) is 0 Å². The minimum absolute atomic E-state index is 0.240. The summed E-state index contributed by atoms with van der Waals surface area (Å²) in [4.78, 5) is 12.1. The van der Waals surface area contributed by atoms with Gasteiger partial charge in [-0.1, -0.05) is 29.3 Å². The summed E-state index contributed by atoms with van der Waals surface area (Å²) in [5, 5.41) is 14.0. The van der Waals surface area contributed by atoms with Crippen LogP contribution in [-0.2, 0) is 22.4 Å². The minimum Gasteiger partial charge on any atom is -0.444 e. The number of aromatic amines is 1. The molecule has 0 bridgehead atoms. The van der Waals surface area contributed by atoms with Crippen LogP contribution in [0.3, 0.4) is 0 Å². The standard InChI is InChI=1S/C17H16Cl2N4O2/c1-9(24)23-17(11-7-6-10(18)8-13(11)19)25-16(22-23)15-12-4-2-3-5-14(12)20-21-15/h6-8,17H,2-5H2,1H3,(H,20,21)/t17-/m1/s1. The fourth-order valence-corrected chi connectivity index (χ4v) is 3.72. The van der Waals surface area contributed by atoms with Gasteiger partial charge in [-0.05, 0) is 37.8 Å². The van der Waals surface area contributed by atoms with Gasteiger partial charge < -0.3 is 4.74 Å². The molecule has 0 spiro atoms. The van der Waals surface area contributed by atoms with Crippen LogP contribution in [0.2, 0.25) is 10.0 Å². The zero-order chi connectivity index (χ0) is 17.6. The Balaban J connectivity index is 1.71. The second-order valence-corrected chi connectivity index (χ2v) is 6.98. The third-order valence-corrected chi connectivity index (χ3v) is 5.02. The molecule has 2 aromatic rings. The number of carbonyl (C=O) groups excluding carboxylic acids is 1. The van der Waals surface area contributed by atoms with Gasteiger partial charge in [0.2, 0.25) is 12.1 Å². The number of aryl methyl sites for hydroxylation is 1. The molecule has 130 valence electrons. The number of benzene rings is 1. The van der Waals surface area contributed by atoms with Gasteiger partial charge in [-0.3, -0.25) is 9.89 Å². The van der Waals surface area contributed by atoms with Crippen LogP contribution in [0.15, 0.2) is 23.3 Å². The zero-order valence-electron chi connectivity index (χ0n) is 13.6. The fourth-order valence-electron chi connectivity index (χ4n) is 3.22. The van der Waals surface area contributed by atoms with Crippen molar-refractivity contribution in [1.82, 2.24) is 15.2 Å². The second-order valence-electron chi connectivity index (χ2n) is 6.14. The Labute approximate surface area is 154 Å². The number of carbonyl (C=O) groups is 1. The summed E-state index contributed by atoms with van der Waals surface area (Å²) in [7, 11) is 0. The maximum atomic E-state index is 12.1. The number of rotatable bonds is 2. The number of aromatic nitrogens is 2. The van der Waals surface area contributed by atoms with Crippen molar-refractivity contribution in [2.45, 2.75) is 38.8 Å². The number of nitrogens with one attached hydrogen (secondary N) is 1. The van der Waals surface area contributed by atoms with E-state index in [9.17, 15) is 4.79 Å². The van der Waals surface area contributed by atoms with Crippen molar-refractivity contribution in [3.63, 3.8) is 0 Å². The Kier molecular flexibility index (Phi) is 4.17. The molecule has 1 aliphatic heterocycles. The van der Waals surface area contributed by atoms with Gasteiger partial charge in [0.25, 0.3) is 5.90 Å². The Morgan fingerprint density at radius 1 is 1.32 bits per heavy atom. The van der Waals surface area contributed by atoms with E-state index in [1.165, 1.54) is 11.9 Å². The monoisotopic (exact) mass is 378 g/mol. The highest BCUT2D eigenvalue weighted by atomic mass is 35.5. The van der Waals surface area contributed by atoms with Crippen molar-refractivity contribution in [2.24, 2.45) is 5.10 Å². The van der Waals surface area contributed by atoms with Crippen molar-refractivity contribution < 1.29 is 9.53 Å². The lowest BCUT2D eigenvalue weighted by molar-refractivity contribution is -0.135. The van der Waals surface area contributed by atoms with E-state index in [0.717, 1.165) is 36.9 Å². The van der Waals surface area contributed by atoms with Crippen molar-refractivity contribution in [1.29, 1.82) is 0 Å². The van der Waals surface area contributed by atoms with E-state index in [2.05, 4.69) is 15.3 Å². The van der Waals surface area contributed by atoms with Crippen LogP contribution in [0.4, 0.5) is 0 Å². The summed E-state index contributed by atoms with van der Waals surface area (Å²) in [6, 6.07) is 5.07. The molecule has 0 fully saturated rings. The Morgan fingerprint density at radius 2 is 2.12 bits per heavy atom. The number of hydrogen-bond donors (Lipinski definition) is 1. The first-order chi connectivity index (χ1) is 12.0. The largest absolute Gasteiger partial charge is 0.444 e. The molecule has 8 heteroatoms. The molecule has 2 heterocycles. The topological polar surface area (TPSA) is 70.6 Å². The van der Waals surface area contributed by atoms with E-state index in [1.807, 2.05) is 0 Å². The highest BCUT2D eigenvalue weighted by Crippen LogP contribution is 2.36. The maximum absolute atomic E-state index is 12.1. The van der Waals surface area contributed by atoms with Crippen molar-refractivity contribution in [3.05, 3.63) is 50.8 Å². The van der Waals surface area contributed by atoms with Crippen LogP contribution in [0.25, 0.3) is 0 Å². The van der Waals surface area contributed by atoms with Crippen LogP contribution in [-0.4, -0.2) is 27.0 Å². The molecular weight excluding hydrogens is 363 g/mol. The molecule has 1 N–H and O–H groups in total. The number of H-pyrrole nitrogens is 1. The molecule has 1 amide bonds. The Morgan fingerprint density at radius 3 is 2.88 bits per heavy atom. The average molecular weight is 379 g/mol. The van der Waals surface area contributed by atoms with Gasteiger partial charge in [0.15, 0.2) is 5.69 Å². The molecule has 0 saturated carbocycles. The van der Waals surface area contributed by atoms with E-state index in [4.69, 9.17) is 27.9 Å². The highest BCUT2D eigenvalue weighted by Gasteiger charge is 2.36. The fraction of sp³-hybridized carbons (Fsp3) is 0.353. The average Bonchev–Trinajstić information content (AvgIpc) is 3.18. The van der Waals surface area contributed by atoms with Crippen molar-refractivity contribution in [2.75, 3.05) is 0 Å². The smallest absolute Gasteiger partial charge is 0.262 e. The third kappa shape index (κ3) is 2.89. The van der Waals surface area contributed by atoms with E-state index in [1.54, 1.807) is 18.2 Å². The number of hydrogen-bond acceptors (Lipinski definition) is 4. The van der Waals surface area contributed by atoms with Gasteiger partial charge in [-0.25, -0.2) is 0 Å². The lowest BCUT2D eigenvalue weighted by atomic mass is 9.96. The van der Waals surface area contributed by atoms with Gasteiger partial charge in [0, 0.05) is 28.8 Å². The van der Waals surface area contributed by atoms with Crippen LogP contribution in [0.1, 0.15) is 48.5 Å². The number of halogens is 2. The quantitative estimate of drug-likeness (QED) is 0.862. The molecule has 0 unspecified atom stereocenters. The summed E-state index contributed by atoms with van der Waals surface area (Å²) in [5.41, 5.74) is 3.55. The normalized spacial score (nSPS) is 19.4. The van der Waals surface area contributed by atoms with Crippen molar-refractivity contribution >= 4 is 35.0 Å². The highest BCUT2D eigenvalue weighted by molar-refractivity contribution is 6.35. The first-order valence-electron chi connectivity index (χ1n) is 8.11. The summed E-state index contributed by atoms with van der Waals surface area (Å²) in [6.45, 7) is 1.44. The van der Waals surface area contributed by atoms with Gasteiger partial charge in [0.1, 0.15) is 0 Å². The molecule has 0 radical (unpaired) electrons. The maximum Gasteiger partial charge on any atom is 0.262 e. The first kappa shape index (κ1) is 16.4. The van der Waals surface area contributed by atoms with Gasteiger partial charge in [-0.15, -0.1) is 5.10 Å². The molecule has 25 heavy (non-hydrogen) atoms. The number of amides is 1. The molecule has 1 aromatic heterocycles. The molecule has 1 atom stereocenters. The second kappa shape index (κ2) is 6.35. The molecule has 4 rings (SSSR count). The van der Waals surface area contributed by atoms with E-state index >= 15 is 0 Å². The lowest BCUT2D eigenvalue weighted by Crippen LogP contribution is -2.25. The van der Waals surface area contributed by atoms with Crippen LogP contribution < -0.4 is 0 Å². The number of hydrazone groups is 1. The Bertz CT molecular complexity index is 878. The summed E-state index contributed by atoms with van der Waals surface area (Å²) in [6.07, 6.45) is 3.42. The summed E-state index contributed by atoms with van der Waals surface area (Å²) >= 11 is 12.3.